The van der Waals surface area contributed by atoms with Gasteiger partial charge in [0.15, 0.2) is 0 Å². The molecule has 0 aromatic rings. The number of carbonyl (C=O) groups is 1. The molecular formula is C14H28ClN3O. The third-order valence-electron chi connectivity index (χ3n) is 4.04. The molecule has 0 aromatic heterocycles. The van der Waals surface area contributed by atoms with Gasteiger partial charge in [-0.3, -0.25) is 4.79 Å². The lowest BCUT2D eigenvalue weighted by molar-refractivity contribution is -0.121. The highest BCUT2D eigenvalue weighted by molar-refractivity contribution is 5.85. The van der Waals surface area contributed by atoms with Crippen LogP contribution in [0.15, 0.2) is 0 Å². The molecule has 0 radical (unpaired) electrons. The van der Waals surface area contributed by atoms with E-state index < -0.39 is 0 Å². The lowest BCUT2D eigenvalue weighted by Crippen LogP contribution is -2.48. The summed E-state index contributed by atoms with van der Waals surface area (Å²) in [5, 5.41) is 6.39. The summed E-state index contributed by atoms with van der Waals surface area (Å²) < 4.78 is 0. The molecular weight excluding hydrogens is 262 g/mol. The molecule has 0 bridgehead atoms. The van der Waals surface area contributed by atoms with Gasteiger partial charge in [0.2, 0.25) is 5.91 Å². The maximum absolute atomic E-state index is 11.7. The first-order valence-corrected chi connectivity index (χ1v) is 7.39. The Kier molecular flexibility index (Phi) is 7.11. The monoisotopic (exact) mass is 289 g/mol. The van der Waals surface area contributed by atoms with Crippen molar-refractivity contribution in [1.29, 1.82) is 0 Å². The number of piperidine rings is 1. The largest absolute Gasteiger partial charge is 0.352 e. The molecule has 1 aliphatic heterocycles. The molecule has 1 amide bonds. The van der Waals surface area contributed by atoms with Crippen molar-refractivity contribution in [3.63, 3.8) is 0 Å². The molecule has 112 valence electrons. The van der Waals surface area contributed by atoms with Gasteiger partial charge < -0.3 is 15.5 Å². The molecule has 4 nitrogen and oxygen atoms in total. The number of nitrogens with zero attached hydrogens (tertiary/aromatic N) is 1. The Bertz CT molecular complexity index is 274. The summed E-state index contributed by atoms with van der Waals surface area (Å²) in [5.74, 6) is 1.01. The number of rotatable bonds is 6. The van der Waals surface area contributed by atoms with E-state index in [1.54, 1.807) is 0 Å². The molecule has 2 N–H and O–H groups in total. The average Bonchev–Trinajstić information content (AvgIpc) is 3.13. The summed E-state index contributed by atoms with van der Waals surface area (Å²) >= 11 is 0. The van der Waals surface area contributed by atoms with Crippen LogP contribution in [-0.2, 0) is 4.79 Å². The van der Waals surface area contributed by atoms with Crippen molar-refractivity contribution in [1.82, 2.24) is 15.5 Å². The Morgan fingerprint density at radius 2 is 1.84 bits per heavy atom. The van der Waals surface area contributed by atoms with Crippen molar-refractivity contribution in [2.75, 3.05) is 26.2 Å². The van der Waals surface area contributed by atoms with Gasteiger partial charge in [0, 0.05) is 25.2 Å². The minimum atomic E-state index is 0. The molecule has 0 atom stereocenters. The smallest absolute Gasteiger partial charge is 0.234 e. The maximum Gasteiger partial charge on any atom is 0.234 e. The number of halogens is 1. The number of carbonyl (C=O) groups excluding carboxylic acids is 1. The SMILES string of the molecule is CC(C)N1CCC(NC(=O)CNCC2CC2)CC1.Cl. The Morgan fingerprint density at radius 3 is 2.37 bits per heavy atom. The van der Waals surface area contributed by atoms with E-state index in [2.05, 4.69) is 29.4 Å². The first-order chi connectivity index (χ1) is 8.65. The van der Waals surface area contributed by atoms with Gasteiger partial charge in [-0.05, 0) is 52.0 Å². The molecule has 2 rings (SSSR count). The first-order valence-electron chi connectivity index (χ1n) is 7.39. The standard InChI is InChI=1S/C14H27N3O.ClH/c1-11(2)17-7-5-13(6-8-17)16-14(18)10-15-9-12-3-4-12;/h11-13,15H,3-10H2,1-2H3,(H,16,18);1H. The van der Waals surface area contributed by atoms with Crippen molar-refractivity contribution in [3.05, 3.63) is 0 Å². The van der Waals surface area contributed by atoms with Crippen LogP contribution in [0.25, 0.3) is 0 Å². The van der Waals surface area contributed by atoms with E-state index in [-0.39, 0.29) is 18.3 Å². The van der Waals surface area contributed by atoms with Crippen LogP contribution in [-0.4, -0.2) is 49.1 Å². The third-order valence-corrected chi connectivity index (χ3v) is 4.04. The zero-order valence-electron chi connectivity index (χ0n) is 12.2. The zero-order chi connectivity index (χ0) is 13.0. The van der Waals surface area contributed by atoms with E-state index in [9.17, 15) is 4.79 Å². The minimum absolute atomic E-state index is 0. The van der Waals surface area contributed by atoms with Crippen LogP contribution in [0.1, 0.15) is 39.5 Å². The summed E-state index contributed by atoms with van der Waals surface area (Å²) in [6.07, 6.45) is 4.85. The van der Waals surface area contributed by atoms with Crippen molar-refractivity contribution < 1.29 is 4.79 Å². The van der Waals surface area contributed by atoms with Crippen LogP contribution in [0.4, 0.5) is 0 Å². The first kappa shape index (κ1) is 16.7. The Hall–Kier alpha value is -0.320. The molecule has 2 aliphatic rings. The summed E-state index contributed by atoms with van der Waals surface area (Å²) in [5.41, 5.74) is 0. The molecule has 1 saturated carbocycles. The number of likely N-dealkylation sites (tertiary alicyclic amines) is 1. The van der Waals surface area contributed by atoms with E-state index >= 15 is 0 Å². The van der Waals surface area contributed by atoms with Gasteiger partial charge in [-0.2, -0.15) is 0 Å². The maximum atomic E-state index is 11.7. The van der Waals surface area contributed by atoms with Gasteiger partial charge in [-0.15, -0.1) is 12.4 Å². The molecule has 0 spiro atoms. The predicted molar refractivity (Wildman–Crippen MR) is 80.7 cm³/mol. The Labute approximate surface area is 123 Å². The highest BCUT2D eigenvalue weighted by Crippen LogP contribution is 2.27. The summed E-state index contributed by atoms with van der Waals surface area (Å²) in [6, 6.07) is 1.01. The fourth-order valence-electron chi connectivity index (χ4n) is 2.55. The van der Waals surface area contributed by atoms with E-state index in [0.29, 0.717) is 18.6 Å². The normalized spacial score (nSPS) is 21.2. The van der Waals surface area contributed by atoms with Crippen molar-refractivity contribution in [3.8, 4) is 0 Å². The molecule has 1 saturated heterocycles. The number of hydrogen-bond acceptors (Lipinski definition) is 3. The van der Waals surface area contributed by atoms with Crippen molar-refractivity contribution in [2.24, 2.45) is 5.92 Å². The second-order valence-electron chi connectivity index (χ2n) is 6.05. The third kappa shape index (κ3) is 6.11. The molecule has 0 aromatic carbocycles. The van der Waals surface area contributed by atoms with Crippen LogP contribution in [0.2, 0.25) is 0 Å². The minimum Gasteiger partial charge on any atom is -0.352 e. The fraction of sp³-hybridized carbons (Fsp3) is 0.929. The molecule has 2 fully saturated rings. The van der Waals surface area contributed by atoms with Gasteiger partial charge >= 0.3 is 0 Å². The van der Waals surface area contributed by atoms with Gasteiger partial charge in [-0.25, -0.2) is 0 Å². The highest BCUT2D eigenvalue weighted by atomic mass is 35.5. The van der Waals surface area contributed by atoms with Crippen LogP contribution >= 0.6 is 12.4 Å². The topological polar surface area (TPSA) is 44.4 Å². The van der Waals surface area contributed by atoms with Gasteiger partial charge in [0.25, 0.3) is 0 Å². The summed E-state index contributed by atoms with van der Waals surface area (Å²) in [6.45, 7) is 8.19. The number of nitrogens with one attached hydrogen (secondary N) is 2. The lowest BCUT2D eigenvalue weighted by Gasteiger charge is -2.34. The van der Waals surface area contributed by atoms with Crippen LogP contribution in [0.3, 0.4) is 0 Å². The molecule has 1 aliphatic carbocycles. The van der Waals surface area contributed by atoms with E-state index in [0.717, 1.165) is 38.4 Å². The highest BCUT2D eigenvalue weighted by Gasteiger charge is 2.23. The Morgan fingerprint density at radius 1 is 1.21 bits per heavy atom. The lowest BCUT2D eigenvalue weighted by atomic mass is 10.0. The van der Waals surface area contributed by atoms with Gasteiger partial charge in [0.1, 0.15) is 0 Å². The van der Waals surface area contributed by atoms with Gasteiger partial charge in [0.05, 0.1) is 6.54 Å². The average molecular weight is 290 g/mol. The summed E-state index contributed by atoms with van der Waals surface area (Å²) in [4.78, 5) is 14.2. The second-order valence-corrected chi connectivity index (χ2v) is 6.05. The quantitative estimate of drug-likeness (QED) is 0.777. The second kappa shape index (κ2) is 8.08. The van der Waals surface area contributed by atoms with Crippen LogP contribution < -0.4 is 10.6 Å². The predicted octanol–water partition coefficient (Wildman–Crippen LogP) is 1.40. The van der Waals surface area contributed by atoms with Crippen LogP contribution in [0, 0.1) is 5.92 Å². The van der Waals surface area contributed by atoms with E-state index in [1.165, 1.54) is 12.8 Å². The summed E-state index contributed by atoms with van der Waals surface area (Å²) in [7, 11) is 0. The van der Waals surface area contributed by atoms with E-state index in [1.807, 2.05) is 0 Å². The number of amides is 1. The van der Waals surface area contributed by atoms with Crippen molar-refractivity contribution in [2.45, 2.75) is 51.6 Å². The zero-order valence-corrected chi connectivity index (χ0v) is 13.0. The number of hydrogen-bond donors (Lipinski definition) is 2. The Balaban J connectivity index is 0.00000180. The molecule has 0 unspecified atom stereocenters. The van der Waals surface area contributed by atoms with Crippen molar-refractivity contribution >= 4 is 18.3 Å². The molecule has 5 heteroatoms. The molecule has 1 heterocycles. The molecule has 19 heavy (non-hydrogen) atoms. The van der Waals surface area contributed by atoms with E-state index in [4.69, 9.17) is 0 Å². The fourth-order valence-corrected chi connectivity index (χ4v) is 2.55. The van der Waals surface area contributed by atoms with Crippen LogP contribution in [0.5, 0.6) is 0 Å². The van der Waals surface area contributed by atoms with Gasteiger partial charge in [-0.1, -0.05) is 0 Å².